The molecule has 2 atom stereocenters. The van der Waals surface area contributed by atoms with Crippen molar-refractivity contribution in [3.8, 4) is 5.75 Å². The SMILES string of the molecule is Cc1ccccc1N1C[C@H](c2nc3ccccc3n2C[C@H](O)COc2ccc(C(C)C)cc2)CC1=O. The van der Waals surface area contributed by atoms with Crippen LogP contribution in [0.2, 0.25) is 0 Å². The molecule has 0 aliphatic carbocycles. The summed E-state index contributed by atoms with van der Waals surface area (Å²) in [6.07, 6.45) is -0.331. The number of carbonyl (C=O) groups is 1. The summed E-state index contributed by atoms with van der Waals surface area (Å²) in [5.74, 6) is 2.08. The van der Waals surface area contributed by atoms with E-state index in [2.05, 4.69) is 30.5 Å². The maximum atomic E-state index is 13.0. The van der Waals surface area contributed by atoms with Gasteiger partial charge in [-0.25, -0.2) is 4.98 Å². The lowest BCUT2D eigenvalue weighted by molar-refractivity contribution is -0.117. The predicted octanol–water partition coefficient (Wildman–Crippen LogP) is 5.43. The van der Waals surface area contributed by atoms with E-state index in [4.69, 9.17) is 9.72 Å². The highest BCUT2D eigenvalue weighted by Gasteiger charge is 2.35. The van der Waals surface area contributed by atoms with Crippen LogP contribution in [0.1, 0.15) is 49.1 Å². The number of aliphatic hydroxyl groups is 1. The van der Waals surface area contributed by atoms with Crippen LogP contribution in [0.5, 0.6) is 5.75 Å². The second-order valence-electron chi connectivity index (χ2n) is 9.95. The van der Waals surface area contributed by atoms with E-state index in [1.54, 1.807) is 0 Å². The minimum absolute atomic E-state index is 0.0544. The first-order valence-corrected chi connectivity index (χ1v) is 12.6. The average Bonchev–Trinajstić information content (AvgIpc) is 3.44. The number of fused-ring (bicyclic) bond motifs is 1. The van der Waals surface area contributed by atoms with Gasteiger partial charge in [-0.15, -0.1) is 0 Å². The highest BCUT2D eigenvalue weighted by Crippen LogP contribution is 2.34. The fraction of sp³-hybridized carbons (Fsp3) is 0.333. The number of para-hydroxylation sites is 3. The minimum Gasteiger partial charge on any atom is -0.491 e. The van der Waals surface area contributed by atoms with E-state index >= 15 is 0 Å². The molecule has 2 heterocycles. The molecule has 0 radical (unpaired) electrons. The Kier molecular flexibility index (Phi) is 6.79. The first kappa shape index (κ1) is 24.1. The lowest BCUT2D eigenvalue weighted by atomic mass is 10.0. The van der Waals surface area contributed by atoms with E-state index in [-0.39, 0.29) is 18.4 Å². The number of nitrogens with zero attached hydrogens (tertiary/aromatic N) is 3. The van der Waals surface area contributed by atoms with Gasteiger partial charge in [-0.1, -0.05) is 56.3 Å². The number of hydrogen-bond donors (Lipinski definition) is 1. The van der Waals surface area contributed by atoms with Crippen LogP contribution in [-0.2, 0) is 11.3 Å². The fourth-order valence-corrected chi connectivity index (χ4v) is 4.98. The summed E-state index contributed by atoms with van der Waals surface area (Å²) >= 11 is 0. The molecule has 36 heavy (non-hydrogen) atoms. The van der Waals surface area contributed by atoms with Gasteiger partial charge in [-0.3, -0.25) is 4.79 Å². The van der Waals surface area contributed by atoms with Crippen molar-refractivity contribution in [2.75, 3.05) is 18.1 Å². The van der Waals surface area contributed by atoms with Gasteiger partial charge < -0.3 is 19.3 Å². The molecule has 1 aliphatic heterocycles. The Labute approximate surface area is 212 Å². The number of amides is 1. The summed E-state index contributed by atoms with van der Waals surface area (Å²) in [6.45, 7) is 7.43. The Balaban J connectivity index is 1.35. The van der Waals surface area contributed by atoms with Crippen molar-refractivity contribution in [2.45, 2.75) is 51.7 Å². The van der Waals surface area contributed by atoms with Crippen molar-refractivity contribution < 1.29 is 14.6 Å². The Morgan fingerprint density at radius 3 is 2.50 bits per heavy atom. The predicted molar refractivity (Wildman–Crippen MR) is 143 cm³/mol. The molecule has 0 bridgehead atoms. The van der Waals surface area contributed by atoms with Gasteiger partial charge in [0, 0.05) is 24.6 Å². The molecule has 5 rings (SSSR count). The second-order valence-corrected chi connectivity index (χ2v) is 9.95. The van der Waals surface area contributed by atoms with Crippen LogP contribution in [0.25, 0.3) is 11.0 Å². The van der Waals surface area contributed by atoms with E-state index < -0.39 is 6.10 Å². The van der Waals surface area contributed by atoms with Gasteiger partial charge in [-0.05, 0) is 54.3 Å². The molecule has 6 nitrogen and oxygen atoms in total. The molecule has 3 aromatic carbocycles. The number of aromatic nitrogens is 2. The molecular formula is C30H33N3O3. The molecule has 6 heteroatoms. The van der Waals surface area contributed by atoms with Crippen molar-refractivity contribution in [3.05, 3.63) is 89.7 Å². The summed E-state index contributed by atoms with van der Waals surface area (Å²) in [4.78, 5) is 19.8. The maximum absolute atomic E-state index is 13.0. The fourth-order valence-electron chi connectivity index (χ4n) is 4.98. The second kappa shape index (κ2) is 10.2. The molecule has 1 amide bonds. The Hall–Kier alpha value is -3.64. The van der Waals surface area contributed by atoms with Crippen molar-refractivity contribution >= 4 is 22.6 Å². The number of rotatable bonds is 8. The highest BCUT2D eigenvalue weighted by molar-refractivity contribution is 5.97. The standard InChI is InChI=1S/C30H33N3O3/c1-20(2)22-12-14-25(15-13-22)36-19-24(34)18-33-28-11-7-5-9-26(28)31-30(33)23-16-29(35)32(17-23)27-10-6-4-8-21(27)3/h4-15,20,23-24,34H,16-19H2,1-3H3/t23-,24+/m1/s1. The van der Waals surface area contributed by atoms with E-state index in [1.165, 1.54) is 5.56 Å². The first-order valence-electron chi connectivity index (χ1n) is 12.6. The lowest BCUT2D eigenvalue weighted by Crippen LogP contribution is -2.27. The molecule has 1 fully saturated rings. The summed E-state index contributed by atoms with van der Waals surface area (Å²) in [5, 5.41) is 10.9. The van der Waals surface area contributed by atoms with Crippen molar-refractivity contribution in [1.29, 1.82) is 0 Å². The number of benzene rings is 3. The number of carbonyl (C=O) groups excluding carboxylic acids is 1. The molecular weight excluding hydrogens is 450 g/mol. The smallest absolute Gasteiger partial charge is 0.227 e. The Bertz CT molecular complexity index is 1360. The topological polar surface area (TPSA) is 67.6 Å². The number of aliphatic hydroxyl groups excluding tert-OH is 1. The zero-order valence-corrected chi connectivity index (χ0v) is 21.1. The van der Waals surface area contributed by atoms with Crippen LogP contribution in [0.15, 0.2) is 72.8 Å². The average molecular weight is 484 g/mol. The Morgan fingerprint density at radius 2 is 1.75 bits per heavy atom. The maximum Gasteiger partial charge on any atom is 0.227 e. The number of ether oxygens (including phenoxy) is 1. The normalized spacial score (nSPS) is 16.8. The molecule has 0 spiro atoms. The van der Waals surface area contributed by atoms with E-state index in [0.717, 1.165) is 33.9 Å². The third-order valence-corrected chi connectivity index (χ3v) is 6.96. The molecule has 1 saturated heterocycles. The third-order valence-electron chi connectivity index (χ3n) is 6.96. The minimum atomic E-state index is -0.726. The Morgan fingerprint density at radius 1 is 1.03 bits per heavy atom. The highest BCUT2D eigenvalue weighted by atomic mass is 16.5. The number of imidazole rings is 1. The van der Waals surface area contributed by atoms with Gasteiger partial charge in [0.05, 0.1) is 17.6 Å². The number of aryl methyl sites for hydroxylation is 1. The van der Waals surface area contributed by atoms with Crippen molar-refractivity contribution in [2.24, 2.45) is 0 Å². The zero-order valence-electron chi connectivity index (χ0n) is 21.1. The van der Waals surface area contributed by atoms with Crippen LogP contribution >= 0.6 is 0 Å². The van der Waals surface area contributed by atoms with Gasteiger partial charge in [0.25, 0.3) is 0 Å². The lowest BCUT2D eigenvalue weighted by Gasteiger charge is -2.20. The molecule has 1 aromatic heterocycles. The van der Waals surface area contributed by atoms with Gasteiger partial charge in [-0.2, -0.15) is 0 Å². The molecule has 1 N–H and O–H groups in total. The molecule has 186 valence electrons. The monoisotopic (exact) mass is 483 g/mol. The van der Waals surface area contributed by atoms with Crippen LogP contribution in [0.3, 0.4) is 0 Å². The van der Waals surface area contributed by atoms with Crippen LogP contribution in [0, 0.1) is 6.92 Å². The largest absolute Gasteiger partial charge is 0.491 e. The third kappa shape index (κ3) is 4.86. The van der Waals surface area contributed by atoms with E-state index in [1.807, 2.05) is 72.5 Å². The molecule has 0 saturated carbocycles. The van der Waals surface area contributed by atoms with E-state index in [9.17, 15) is 9.90 Å². The summed E-state index contributed by atoms with van der Waals surface area (Å²) in [5.41, 5.74) is 5.10. The van der Waals surface area contributed by atoms with Gasteiger partial charge >= 0.3 is 0 Å². The van der Waals surface area contributed by atoms with Gasteiger partial charge in [0.2, 0.25) is 5.91 Å². The van der Waals surface area contributed by atoms with E-state index in [0.29, 0.717) is 25.4 Å². The molecule has 1 aliphatic rings. The zero-order chi connectivity index (χ0) is 25.2. The summed E-state index contributed by atoms with van der Waals surface area (Å²) in [6, 6.07) is 23.9. The van der Waals surface area contributed by atoms with Crippen LogP contribution < -0.4 is 9.64 Å². The summed E-state index contributed by atoms with van der Waals surface area (Å²) < 4.78 is 7.95. The summed E-state index contributed by atoms with van der Waals surface area (Å²) in [7, 11) is 0. The van der Waals surface area contributed by atoms with Crippen LogP contribution in [0.4, 0.5) is 5.69 Å². The van der Waals surface area contributed by atoms with Crippen LogP contribution in [-0.4, -0.2) is 39.8 Å². The molecule has 0 unspecified atom stereocenters. The first-order chi connectivity index (χ1) is 17.4. The quantitative estimate of drug-likeness (QED) is 0.363. The van der Waals surface area contributed by atoms with Crippen molar-refractivity contribution in [3.63, 3.8) is 0 Å². The number of anilines is 1. The van der Waals surface area contributed by atoms with Gasteiger partial charge in [0.1, 0.15) is 24.3 Å². The molecule has 4 aromatic rings. The number of hydrogen-bond acceptors (Lipinski definition) is 4. The van der Waals surface area contributed by atoms with Gasteiger partial charge in [0.15, 0.2) is 0 Å². The van der Waals surface area contributed by atoms with Crippen molar-refractivity contribution in [1.82, 2.24) is 9.55 Å².